The van der Waals surface area contributed by atoms with Gasteiger partial charge in [-0.15, -0.1) is 10.2 Å². The molecule has 0 radical (unpaired) electrons. The van der Waals surface area contributed by atoms with Gasteiger partial charge in [0.25, 0.3) is 0 Å². The number of tetrazole rings is 1. The molecule has 2 N–H and O–H groups in total. The van der Waals surface area contributed by atoms with Gasteiger partial charge >= 0.3 is 0 Å². The van der Waals surface area contributed by atoms with Crippen LogP contribution in [0.3, 0.4) is 0 Å². The standard InChI is InChI=1S/C17H14N6O/c1-12-6-2-4-8-15(12)24-16-9-5-3-7-14(16)19-11-13(10-18)17-20-22-23-21-17/h2-9,11,19H,1H3,(H,20,21,22,23). The van der Waals surface area contributed by atoms with E-state index in [0.717, 1.165) is 17.0 Å². The van der Waals surface area contributed by atoms with E-state index in [1.165, 1.54) is 6.20 Å². The van der Waals surface area contributed by atoms with Crippen molar-refractivity contribution in [2.75, 3.05) is 5.32 Å². The van der Waals surface area contributed by atoms with Crippen LogP contribution in [0.4, 0.5) is 5.69 Å². The number of allylic oxidation sites excluding steroid dienone is 1. The van der Waals surface area contributed by atoms with E-state index in [1.54, 1.807) is 0 Å². The molecule has 0 aliphatic heterocycles. The lowest BCUT2D eigenvalue weighted by Crippen LogP contribution is -1.96. The topological polar surface area (TPSA) is 99.5 Å². The largest absolute Gasteiger partial charge is 0.455 e. The van der Waals surface area contributed by atoms with Crippen molar-refractivity contribution in [1.29, 1.82) is 5.26 Å². The van der Waals surface area contributed by atoms with Gasteiger partial charge in [0.1, 0.15) is 17.4 Å². The molecule has 1 aromatic heterocycles. The number of rotatable bonds is 5. The second-order valence-electron chi connectivity index (χ2n) is 4.91. The Morgan fingerprint density at radius 2 is 1.92 bits per heavy atom. The average Bonchev–Trinajstić information content (AvgIpc) is 3.13. The molecule has 2 aromatic carbocycles. The van der Waals surface area contributed by atoms with Crippen LogP contribution >= 0.6 is 0 Å². The summed E-state index contributed by atoms with van der Waals surface area (Å²) in [5, 5.41) is 25.6. The molecule has 0 fully saturated rings. The Labute approximate surface area is 138 Å². The van der Waals surface area contributed by atoms with Crippen molar-refractivity contribution >= 4 is 11.3 Å². The molecule has 24 heavy (non-hydrogen) atoms. The van der Waals surface area contributed by atoms with Crippen molar-refractivity contribution in [3.63, 3.8) is 0 Å². The molecule has 7 nitrogen and oxygen atoms in total. The van der Waals surface area contributed by atoms with Crippen LogP contribution < -0.4 is 10.1 Å². The summed E-state index contributed by atoms with van der Waals surface area (Å²) >= 11 is 0. The van der Waals surface area contributed by atoms with Crippen LogP contribution in [0.2, 0.25) is 0 Å². The van der Waals surface area contributed by atoms with E-state index in [2.05, 4.69) is 25.9 Å². The minimum absolute atomic E-state index is 0.224. The highest BCUT2D eigenvalue weighted by Crippen LogP contribution is 2.31. The maximum Gasteiger partial charge on any atom is 0.216 e. The van der Waals surface area contributed by atoms with Crippen LogP contribution in [0.1, 0.15) is 11.4 Å². The highest BCUT2D eigenvalue weighted by atomic mass is 16.5. The molecule has 0 saturated heterocycles. The number of nitrogens with one attached hydrogen (secondary N) is 2. The van der Waals surface area contributed by atoms with Crippen molar-refractivity contribution in [2.45, 2.75) is 6.92 Å². The van der Waals surface area contributed by atoms with E-state index < -0.39 is 0 Å². The highest BCUT2D eigenvalue weighted by Gasteiger charge is 2.08. The van der Waals surface area contributed by atoms with Gasteiger partial charge in [0.05, 0.1) is 5.69 Å². The summed E-state index contributed by atoms with van der Waals surface area (Å²) in [5.74, 6) is 1.64. The monoisotopic (exact) mass is 318 g/mol. The first-order valence-corrected chi connectivity index (χ1v) is 7.21. The van der Waals surface area contributed by atoms with Crippen LogP contribution in [0.5, 0.6) is 11.5 Å². The zero-order valence-electron chi connectivity index (χ0n) is 12.9. The lowest BCUT2D eigenvalue weighted by atomic mass is 10.2. The number of nitriles is 1. The van der Waals surface area contributed by atoms with Crippen LogP contribution in [-0.2, 0) is 0 Å². The molecule has 0 spiro atoms. The minimum atomic E-state index is 0.224. The highest BCUT2D eigenvalue weighted by molar-refractivity contribution is 5.75. The smallest absolute Gasteiger partial charge is 0.216 e. The van der Waals surface area contributed by atoms with Gasteiger partial charge in [-0.1, -0.05) is 30.3 Å². The third kappa shape index (κ3) is 3.39. The minimum Gasteiger partial charge on any atom is -0.455 e. The molecular weight excluding hydrogens is 304 g/mol. The molecule has 0 bridgehead atoms. The molecule has 0 amide bonds. The third-order valence-corrected chi connectivity index (χ3v) is 3.28. The molecule has 7 heteroatoms. The fourth-order valence-corrected chi connectivity index (χ4v) is 2.04. The fraction of sp³-hybridized carbons (Fsp3) is 0.0588. The van der Waals surface area contributed by atoms with Crippen LogP contribution in [0.25, 0.3) is 5.57 Å². The summed E-state index contributed by atoms with van der Waals surface area (Å²) < 4.78 is 5.97. The zero-order chi connectivity index (χ0) is 16.8. The van der Waals surface area contributed by atoms with Gasteiger partial charge in [-0.3, -0.25) is 0 Å². The third-order valence-electron chi connectivity index (χ3n) is 3.28. The van der Waals surface area contributed by atoms with E-state index in [1.807, 2.05) is 61.5 Å². The molecule has 118 valence electrons. The summed E-state index contributed by atoms with van der Waals surface area (Å²) in [4.78, 5) is 0. The summed E-state index contributed by atoms with van der Waals surface area (Å²) in [7, 11) is 0. The number of benzene rings is 2. The van der Waals surface area contributed by atoms with E-state index >= 15 is 0 Å². The average molecular weight is 318 g/mol. The van der Waals surface area contributed by atoms with Crippen molar-refractivity contribution in [2.24, 2.45) is 0 Å². The van der Waals surface area contributed by atoms with Gasteiger partial charge in [0.15, 0.2) is 5.75 Å². The molecule has 1 heterocycles. The molecular formula is C17H14N6O. The van der Waals surface area contributed by atoms with Crippen molar-refractivity contribution < 1.29 is 4.74 Å². The van der Waals surface area contributed by atoms with E-state index in [0.29, 0.717) is 5.75 Å². The predicted molar refractivity (Wildman–Crippen MR) is 89.1 cm³/mol. The second-order valence-corrected chi connectivity index (χ2v) is 4.91. The second kappa shape index (κ2) is 7.07. The summed E-state index contributed by atoms with van der Waals surface area (Å²) in [5.41, 5.74) is 2.01. The van der Waals surface area contributed by atoms with Gasteiger partial charge in [0.2, 0.25) is 5.82 Å². The van der Waals surface area contributed by atoms with Crippen molar-refractivity contribution in [1.82, 2.24) is 20.6 Å². The maximum absolute atomic E-state index is 9.21. The molecule has 0 atom stereocenters. The number of nitrogens with zero attached hydrogens (tertiary/aromatic N) is 4. The van der Waals surface area contributed by atoms with Crippen molar-refractivity contribution in [3.8, 4) is 17.6 Å². The quantitative estimate of drug-likeness (QED) is 0.700. The van der Waals surface area contributed by atoms with E-state index in [4.69, 9.17) is 4.74 Å². The fourth-order valence-electron chi connectivity index (χ4n) is 2.04. The molecule has 0 unspecified atom stereocenters. The van der Waals surface area contributed by atoms with Gasteiger partial charge < -0.3 is 10.1 Å². The number of hydrogen-bond donors (Lipinski definition) is 2. The molecule has 0 aliphatic carbocycles. The summed E-state index contributed by atoms with van der Waals surface area (Å²) in [6.07, 6.45) is 1.52. The van der Waals surface area contributed by atoms with Crippen molar-refractivity contribution in [3.05, 3.63) is 66.1 Å². The van der Waals surface area contributed by atoms with Gasteiger partial charge in [-0.2, -0.15) is 10.5 Å². The lowest BCUT2D eigenvalue weighted by molar-refractivity contribution is 0.481. The Bertz CT molecular complexity index is 895. The van der Waals surface area contributed by atoms with Gasteiger partial charge in [-0.25, -0.2) is 0 Å². The molecule has 0 aliphatic rings. The summed E-state index contributed by atoms with van der Waals surface area (Å²) in [6, 6.07) is 17.3. The number of aromatic amines is 1. The number of H-pyrrole nitrogens is 1. The first kappa shape index (κ1) is 15.2. The maximum atomic E-state index is 9.21. The number of anilines is 1. The van der Waals surface area contributed by atoms with Gasteiger partial charge in [-0.05, 0) is 35.9 Å². The predicted octanol–water partition coefficient (Wildman–Crippen LogP) is 3.28. The lowest BCUT2D eigenvalue weighted by Gasteiger charge is -2.12. The first-order chi connectivity index (χ1) is 11.8. The van der Waals surface area contributed by atoms with Crippen LogP contribution in [0.15, 0.2) is 54.7 Å². The van der Waals surface area contributed by atoms with E-state index in [9.17, 15) is 5.26 Å². The van der Waals surface area contributed by atoms with Crippen LogP contribution in [0, 0.1) is 18.3 Å². The molecule has 3 rings (SSSR count). The normalized spacial score (nSPS) is 10.9. The molecule has 0 saturated carbocycles. The number of hydrogen-bond acceptors (Lipinski definition) is 6. The number of para-hydroxylation sites is 3. The Morgan fingerprint density at radius 3 is 2.62 bits per heavy atom. The Kier molecular flexibility index (Phi) is 4.49. The SMILES string of the molecule is Cc1ccccc1Oc1ccccc1NC=C(C#N)c1nn[nH]n1. The number of ether oxygens (including phenoxy) is 1. The molecule has 3 aromatic rings. The Hall–Kier alpha value is -3.66. The van der Waals surface area contributed by atoms with Crippen LogP contribution in [-0.4, -0.2) is 20.6 Å². The number of aryl methyl sites for hydroxylation is 1. The van der Waals surface area contributed by atoms with E-state index in [-0.39, 0.29) is 11.4 Å². The van der Waals surface area contributed by atoms with Gasteiger partial charge in [0, 0.05) is 6.20 Å². The first-order valence-electron chi connectivity index (χ1n) is 7.21. The Morgan fingerprint density at radius 1 is 1.17 bits per heavy atom. The zero-order valence-corrected chi connectivity index (χ0v) is 12.9. The Balaban J connectivity index is 1.85. The summed E-state index contributed by atoms with van der Waals surface area (Å²) in [6.45, 7) is 1.98. The number of aromatic nitrogens is 4.